The lowest BCUT2D eigenvalue weighted by Gasteiger charge is -2.37. The molecule has 3 aliphatic heterocycles. The van der Waals surface area contributed by atoms with Crippen molar-refractivity contribution in [2.24, 2.45) is 5.41 Å². The Morgan fingerprint density at radius 1 is 0.971 bits per heavy atom. The van der Waals surface area contributed by atoms with Gasteiger partial charge in [0.25, 0.3) is 0 Å². The van der Waals surface area contributed by atoms with Crippen molar-refractivity contribution in [1.82, 2.24) is 9.21 Å². The molecule has 0 radical (unpaired) electrons. The number of piperidine rings is 1. The van der Waals surface area contributed by atoms with Crippen LogP contribution >= 0.6 is 0 Å². The lowest BCUT2D eigenvalue weighted by molar-refractivity contribution is -0.150. The van der Waals surface area contributed by atoms with Gasteiger partial charge in [-0.2, -0.15) is 0 Å². The second kappa shape index (κ2) is 9.78. The molecule has 3 saturated heterocycles. The number of piperazine rings is 1. The third-order valence-electron chi connectivity index (χ3n) is 8.63. The number of rotatable bonds is 6. The van der Waals surface area contributed by atoms with Gasteiger partial charge in [-0.15, -0.1) is 0 Å². The molecule has 4 aliphatic rings. The van der Waals surface area contributed by atoms with E-state index in [1.165, 1.54) is 11.3 Å². The Hall–Kier alpha value is -1.64. The van der Waals surface area contributed by atoms with Crippen molar-refractivity contribution < 1.29 is 17.9 Å². The number of esters is 1. The molecule has 4 fully saturated rings. The minimum atomic E-state index is -3.22. The molecule has 3 heterocycles. The molecule has 1 atom stereocenters. The minimum absolute atomic E-state index is 0.0411. The Morgan fingerprint density at radius 3 is 2.26 bits per heavy atom. The molecule has 0 bridgehead atoms. The molecule has 0 unspecified atom stereocenters. The van der Waals surface area contributed by atoms with Crippen molar-refractivity contribution >= 4 is 21.7 Å². The van der Waals surface area contributed by atoms with Crippen LogP contribution in [0.25, 0.3) is 0 Å². The van der Waals surface area contributed by atoms with Crippen LogP contribution in [0, 0.1) is 12.3 Å². The third kappa shape index (κ3) is 4.86. The summed E-state index contributed by atoms with van der Waals surface area (Å²) in [5.41, 5.74) is 2.10. The first-order valence-electron chi connectivity index (χ1n) is 13.1. The number of carbonyl (C=O) groups excluding carboxylic acids is 1. The number of hydrogen-bond donors (Lipinski definition) is 0. The Bertz CT molecular complexity index is 958. The van der Waals surface area contributed by atoms with Crippen LogP contribution in [0.15, 0.2) is 24.3 Å². The van der Waals surface area contributed by atoms with E-state index in [2.05, 4.69) is 41.0 Å². The number of anilines is 1. The summed E-state index contributed by atoms with van der Waals surface area (Å²) in [6.07, 6.45) is 6.36. The fourth-order valence-corrected chi connectivity index (χ4v) is 8.33. The van der Waals surface area contributed by atoms with E-state index in [9.17, 15) is 13.2 Å². The van der Waals surface area contributed by atoms with Gasteiger partial charge in [-0.1, -0.05) is 30.5 Å². The van der Waals surface area contributed by atoms with Crippen molar-refractivity contribution in [2.45, 2.75) is 69.6 Å². The summed E-state index contributed by atoms with van der Waals surface area (Å²) in [7, 11) is -3.22. The average Bonchev–Trinajstić information content (AvgIpc) is 3.49. The zero-order valence-electron chi connectivity index (χ0n) is 20.5. The smallest absolute Gasteiger partial charge is 0.312 e. The van der Waals surface area contributed by atoms with Gasteiger partial charge in [0.1, 0.15) is 6.10 Å². The first-order valence-corrected chi connectivity index (χ1v) is 14.6. The standard InChI is InChI=1S/C26H39N3O4S/c1-21-6-8-22(9-7-21)28-18-16-27(17-19-28)13-10-23-20-26(25(30)33-23)11-14-29(15-12-26)34(31,32)24-4-2-3-5-24/h6-9,23-24H,2-5,10-20H2,1H3/t23-/m1/s1. The molecule has 0 N–H and O–H groups in total. The third-order valence-corrected chi connectivity index (χ3v) is 11.0. The molecule has 1 aliphatic carbocycles. The van der Waals surface area contributed by atoms with E-state index in [1.54, 1.807) is 4.31 Å². The summed E-state index contributed by atoms with van der Waals surface area (Å²) in [6, 6.07) is 8.74. The second-order valence-corrected chi connectivity index (χ2v) is 13.0. The normalized spacial score (nSPS) is 26.9. The topological polar surface area (TPSA) is 70.2 Å². The molecule has 0 amide bonds. The predicted molar refractivity (Wildman–Crippen MR) is 133 cm³/mol. The molecule has 1 aromatic rings. The highest BCUT2D eigenvalue weighted by atomic mass is 32.2. The lowest BCUT2D eigenvalue weighted by atomic mass is 9.76. The summed E-state index contributed by atoms with van der Waals surface area (Å²) in [4.78, 5) is 17.7. The number of sulfonamides is 1. The Kier molecular flexibility index (Phi) is 6.93. The molecule has 188 valence electrons. The molecular weight excluding hydrogens is 450 g/mol. The fraction of sp³-hybridized carbons (Fsp3) is 0.731. The zero-order chi connectivity index (χ0) is 23.8. The maximum Gasteiger partial charge on any atom is 0.312 e. The zero-order valence-corrected chi connectivity index (χ0v) is 21.3. The van der Waals surface area contributed by atoms with Gasteiger partial charge >= 0.3 is 5.97 Å². The molecule has 8 heteroatoms. The van der Waals surface area contributed by atoms with Gasteiger partial charge < -0.3 is 9.64 Å². The van der Waals surface area contributed by atoms with Crippen LogP contribution in [-0.2, 0) is 19.6 Å². The molecular formula is C26H39N3O4S. The van der Waals surface area contributed by atoms with E-state index in [-0.39, 0.29) is 17.3 Å². The maximum atomic E-state index is 12.9. The predicted octanol–water partition coefficient (Wildman–Crippen LogP) is 3.18. The molecule has 1 spiro atoms. The van der Waals surface area contributed by atoms with Crippen molar-refractivity contribution in [3.8, 4) is 0 Å². The molecule has 0 aromatic heterocycles. The Balaban J connectivity index is 1.08. The molecule has 34 heavy (non-hydrogen) atoms. The number of nitrogens with zero attached hydrogens (tertiary/aromatic N) is 3. The largest absolute Gasteiger partial charge is 0.462 e. The van der Waals surface area contributed by atoms with Crippen molar-refractivity contribution in [1.29, 1.82) is 0 Å². The monoisotopic (exact) mass is 489 g/mol. The van der Waals surface area contributed by atoms with Crippen LogP contribution in [0.2, 0.25) is 0 Å². The highest BCUT2D eigenvalue weighted by Gasteiger charge is 2.52. The van der Waals surface area contributed by atoms with Gasteiger partial charge in [0.15, 0.2) is 0 Å². The SMILES string of the molecule is Cc1ccc(N2CCN(CC[C@@H]3CC4(CCN(S(=O)(=O)C5CCCC5)CC4)C(=O)O3)CC2)cc1. The molecule has 1 aromatic carbocycles. The van der Waals surface area contributed by atoms with Gasteiger partial charge in [-0.3, -0.25) is 9.69 Å². The Labute approximate surface area is 204 Å². The summed E-state index contributed by atoms with van der Waals surface area (Å²) in [5.74, 6) is -0.0976. The number of hydrogen-bond acceptors (Lipinski definition) is 6. The van der Waals surface area contributed by atoms with Gasteiger partial charge in [0.05, 0.1) is 10.7 Å². The number of ether oxygens (including phenoxy) is 1. The molecule has 7 nitrogen and oxygen atoms in total. The van der Waals surface area contributed by atoms with Crippen LogP contribution in [0.3, 0.4) is 0 Å². The number of carbonyl (C=O) groups is 1. The second-order valence-electron chi connectivity index (χ2n) is 10.8. The van der Waals surface area contributed by atoms with E-state index in [0.29, 0.717) is 25.9 Å². The number of cyclic esters (lactones) is 1. The van der Waals surface area contributed by atoms with E-state index in [1.807, 2.05) is 0 Å². The molecule has 5 rings (SSSR count). The number of aryl methyl sites for hydroxylation is 1. The van der Waals surface area contributed by atoms with Crippen LogP contribution in [0.4, 0.5) is 5.69 Å². The quantitative estimate of drug-likeness (QED) is 0.572. The summed E-state index contributed by atoms with van der Waals surface area (Å²) in [5, 5.41) is -0.212. The fourth-order valence-electron chi connectivity index (χ4n) is 6.28. The van der Waals surface area contributed by atoms with E-state index in [0.717, 1.165) is 71.2 Å². The lowest BCUT2D eigenvalue weighted by Crippen LogP contribution is -2.47. The van der Waals surface area contributed by atoms with Gasteiger partial charge in [-0.05, 0) is 51.2 Å². The van der Waals surface area contributed by atoms with Crippen LogP contribution in [0.1, 0.15) is 56.9 Å². The minimum Gasteiger partial charge on any atom is -0.462 e. The van der Waals surface area contributed by atoms with Crippen molar-refractivity contribution in [2.75, 3.05) is 50.7 Å². The van der Waals surface area contributed by atoms with Gasteiger partial charge in [0.2, 0.25) is 10.0 Å². The number of benzene rings is 1. The summed E-state index contributed by atoms with van der Waals surface area (Å²) < 4.78 is 33.4. The first kappa shape index (κ1) is 24.1. The van der Waals surface area contributed by atoms with Crippen molar-refractivity contribution in [3.05, 3.63) is 29.8 Å². The Morgan fingerprint density at radius 2 is 1.62 bits per heavy atom. The van der Waals surface area contributed by atoms with Crippen LogP contribution in [-0.4, -0.2) is 80.8 Å². The summed E-state index contributed by atoms with van der Waals surface area (Å²) in [6.45, 7) is 8.05. The van der Waals surface area contributed by atoms with Crippen LogP contribution in [0.5, 0.6) is 0 Å². The van der Waals surface area contributed by atoms with E-state index < -0.39 is 15.4 Å². The average molecular weight is 490 g/mol. The van der Waals surface area contributed by atoms with Crippen molar-refractivity contribution in [3.63, 3.8) is 0 Å². The van der Waals surface area contributed by atoms with Gasteiger partial charge in [0, 0.05) is 57.9 Å². The van der Waals surface area contributed by atoms with E-state index in [4.69, 9.17) is 4.74 Å². The highest BCUT2D eigenvalue weighted by Crippen LogP contribution is 2.45. The van der Waals surface area contributed by atoms with Crippen LogP contribution < -0.4 is 4.90 Å². The maximum absolute atomic E-state index is 12.9. The summed E-state index contributed by atoms with van der Waals surface area (Å²) >= 11 is 0. The van der Waals surface area contributed by atoms with Gasteiger partial charge in [-0.25, -0.2) is 12.7 Å². The first-order chi connectivity index (χ1) is 16.4. The molecule has 1 saturated carbocycles. The van der Waals surface area contributed by atoms with E-state index >= 15 is 0 Å². The highest BCUT2D eigenvalue weighted by molar-refractivity contribution is 7.89.